The second-order valence-electron chi connectivity index (χ2n) is 12.1. The second-order valence-corrected chi connectivity index (χ2v) is 12.1. The normalized spacial score (nSPS) is 49.0. The van der Waals surface area contributed by atoms with Crippen molar-refractivity contribution in [1.82, 2.24) is 0 Å². The van der Waals surface area contributed by atoms with Crippen LogP contribution in [0, 0.1) is 46.3 Å². The molecular formula is C26H44O4. The van der Waals surface area contributed by atoms with Crippen molar-refractivity contribution in [3.63, 3.8) is 0 Å². The van der Waals surface area contributed by atoms with Crippen LogP contribution in [0.25, 0.3) is 0 Å². The van der Waals surface area contributed by atoms with Gasteiger partial charge in [0.2, 0.25) is 0 Å². The predicted octanol–water partition coefficient (Wildman–Crippen LogP) is 5.26. The van der Waals surface area contributed by atoms with Crippen molar-refractivity contribution in [1.29, 1.82) is 0 Å². The van der Waals surface area contributed by atoms with Crippen LogP contribution in [0.1, 0.15) is 97.8 Å². The molecule has 4 saturated carbocycles. The minimum Gasteiger partial charge on any atom is -0.481 e. The highest BCUT2D eigenvalue weighted by Crippen LogP contribution is 2.68. The number of rotatable bonds is 6. The van der Waals surface area contributed by atoms with Crippen molar-refractivity contribution in [3.05, 3.63) is 0 Å². The number of carboxylic acid groups (broad SMARTS) is 1. The smallest absolute Gasteiger partial charge is 0.303 e. The molecule has 4 aliphatic rings. The molecule has 4 nitrogen and oxygen atoms in total. The zero-order valence-electron chi connectivity index (χ0n) is 19.4. The van der Waals surface area contributed by atoms with Gasteiger partial charge in [0.05, 0.1) is 12.2 Å². The molecule has 10 atom stereocenters. The zero-order chi connectivity index (χ0) is 21.7. The monoisotopic (exact) mass is 420 g/mol. The first kappa shape index (κ1) is 22.6. The fourth-order valence-corrected chi connectivity index (χ4v) is 9.20. The third-order valence-corrected chi connectivity index (χ3v) is 10.7. The van der Waals surface area contributed by atoms with Gasteiger partial charge in [-0.05, 0) is 104 Å². The second kappa shape index (κ2) is 8.39. The van der Waals surface area contributed by atoms with Gasteiger partial charge in [-0.2, -0.15) is 0 Å². The maximum atomic E-state index is 11.1. The molecule has 3 N–H and O–H groups in total. The Morgan fingerprint density at radius 1 is 0.933 bits per heavy atom. The molecule has 4 heteroatoms. The number of fused-ring (bicyclic) bond motifs is 5. The summed E-state index contributed by atoms with van der Waals surface area (Å²) in [4.78, 5) is 10.8. The average Bonchev–Trinajstić information content (AvgIpc) is 3.04. The van der Waals surface area contributed by atoms with Gasteiger partial charge in [0, 0.05) is 6.42 Å². The average molecular weight is 421 g/mol. The molecule has 0 aromatic carbocycles. The fourth-order valence-electron chi connectivity index (χ4n) is 9.20. The number of unbranched alkanes of at least 4 members (excludes halogenated alkanes) is 1. The highest BCUT2D eigenvalue weighted by molar-refractivity contribution is 5.66. The van der Waals surface area contributed by atoms with Crippen LogP contribution < -0.4 is 0 Å². The third-order valence-electron chi connectivity index (χ3n) is 10.7. The van der Waals surface area contributed by atoms with E-state index in [9.17, 15) is 15.0 Å². The molecule has 4 aliphatic carbocycles. The molecule has 1 unspecified atom stereocenters. The van der Waals surface area contributed by atoms with E-state index in [0.717, 1.165) is 56.8 Å². The van der Waals surface area contributed by atoms with Gasteiger partial charge >= 0.3 is 5.97 Å². The summed E-state index contributed by atoms with van der Waals surface area (Å²) in [6.45, 7) is 7.38. The summed E-state index contributed by atoms with van der Waals surface area (Å²) in [5, 5.41) is 30.3. The third kappa shape index (κ3) is 3.74. The van der Waals surface area contributed by atoms with Crippen molar-refractivity contribution in [2.45, 2.75) is 110 Å². The Morgan fingerprint density at radius 2 is 1.63 bits per heavy atom. The Bertz CT molecular complexity index is 635. The number of aliphatic hydroxyl groups is 2. The molecule has 0 aliphatic heterocycles. The molecular weight excluding hydrogens is 376 g/mol. The van der Waals surface area contributed by atoms with Crippen LogP contribution in [0.4, 0.5) is 0 Å². The molecule has 172 valence electrons. The first-order chi connectivity index (χ1) is 14.2. The maximum Gasteiger partial charge on any atom is 0.303 e. The van der Waals surface area contributed by atoms with Crippen LogP contribution in [-0.4, -0.2) is 33.5 Å². The molecule has 0 radical (unpaired) electrons. The highest BCUT2D eigenvalue weighted by Gasteiger charge is 2.62. The van der Waals surface area contributed by atoms with Gasteiger partial charge < -0.3 is 15.3 Å². The summed E-state index contributed by atoms with van der Waals surface area (Å²) in [7, 11) is 0. The lowest BCUT2D eigenvalue weighted by molar-refractivity contribution is -0.172. The minimum atomic E-state index is -0.674. The van der Waals surface area contributed by atoms with E-state index in [1.165, 1.54) is 25.7 Å². The Labute approximate surface area is 182 Å². The molecule has 4 rings (SSSR count). The van der Waals surface area contributed by atoms with Crippen LogP contribution in [0.2, 0.25) is 0 Å². The van der Waals surface area contributed by atoms with Gasteiger partial charge in [-0.3, -0.25) is 4.79 Å². The lowest BCUT2D eigenvalue weighted by Gasteiger charge is -2.62. The number of hydrogen-bond donors (Lipinski definition) is 3. The lowest BCUT2D eigenvalue weighted by atomic mass is 9.44. The van der Waals surface area contributed by atoms with Gasteiger partial charge in [0.25, 0.3) is 0 Å². The molecule has 0 aromatic heterocycles. The summed E-state index contributed by atoms with van der Waals surface area (Å²) in [5.74, 6) is 3.07. The Kier molecular flexibility index (Phi) is 6.31. The van der Waals surface area contributed by atoms with E-state index in [0.29, 0.717) is 29.6 Å². The van der Waals surface area contributed by atoms with Gasteiger partial charge in [-0.25, -0.2) is 0 Å². The van der Waals surface area contributed by atoms with Crippen LogP contribution in [0.3, 0.4) is 0 Å². The van der Waals surface area contributed by atoms with Crippen molar-refractivity contribution in [3.8, 4) is 0 Å². The van der Waals surface area contributed by atoms with Gasteiger partial charge in [0.1, 0.15) is 0 Å². The number of aliphatic carboxylic acids is 1. The van der Waals surface area contributed by atoms with Crippen molar-refractivity contribution < 1.29 is 20.1 Å². The summed E-state index contributed by atoms with van der Waals surface area (Å²) >= 11 is 0. The van der Waals surface area contributed by atoms with E-state index in [4.69, 9.17) is 5.11 Å². The van der Waals surface area contributed by atoms with Crippen molar-refractivity contribution in [2.75, 3.05) is 0 Å². The van der Waals surface area contributed by atoms with Crippen LogP contribution in [0.5, 0.6) is 0 Å². The number of carbonyl (C=O) groups is 1. The van der Waals surface area contributed by atoms with E-state index >= 15 is 0 Å². The molecule has 4 fully saturated rings. The van der Waals surface area contributed by atoms with Crippen molar-refractivity contribution in [2.24, 2.45) is 46.3 Å². The summed E-state index contributed by atoms with van der Waals surface area (Å²) in [5.41, 5.74) is 0.577. The van der Waals surface area contributed by atoms with Crippen LogP contribution >= 0.6 is 0 Å². The molecule has 0 heterocycles. The fraction of sp³-hybridized carbons (Fsp3) is 0.962. The highest BCUT2D eigenvalue weighted by atomic mass is 16.4. The topological polar surface area (TPSA) is 77.8 Å². The minimum absolute atomic E-state index is 0.198. The summed E-state index contributed by atoms with van der Waals surface area (Å²) in [6, 6.07) is 0. The zero-order valence-corrected chi connectivity index (χ0v) is 19.4. The van der Waals surface area contributed by atoms with Crippen LogP contribution in [0.15, 0.2) is 0 Å². The summed E-state index contributed by atoms with van der Waals surface area (Å²) in [6.07, 6.45) is 11.7. The van der Waals surface area contributed by atoms with Crippen molar-refractivity contribution >= 4 is 5.97 Å². The molecule has 30 heavy (non-hydrogen) atoms. The standard InChI is InChI=1S/C26H44O4/c1-16(6-4-5-7-24(29)30)19-8-9-20-18-15-23(28)22-14-17(27)10-12-26(22,3)21(18)11-13-25(19,20)2/h16-23,27-28H,4-15H2,1-3H3,(H,29,30)/t16-,17?,18+,19-,20+,21+,22+,23+,25-,26-/m1/s1. The van der Waals surface area contributed by atoms with Gasteiger partial charge in [-0.15, -0.1) is 0 Å². The van der Waals surface area contributed by atoms with E-state index in [1.807, 2.05) is 0 Å². The molecule has 0 amide bonds. The van der Waals surface area contributed by atoms with E-state index in [2.05, 4.69) is 20.8 Å². The van der Waals surface area contributed by atoms with Gasteiger partial charge in [0.15, 0.2) is 0 Å². The quantitative estimate of drug-likeness (QED) is 0.512. The maximum absolute atomic E-state index is 11.1. The van der Waals surface area contributed by atoms with Gasteiger partial charge in [-0.1, -0.05) is 33.6 Å². The lowest BCUT2D eigenvalue weighted by Crippen LogP contribution is -2.58. The Balaban J connectivity index is 1.46. The first-order valence-corrected chi connectivity index (χ1v) is 12.7. The van der Waals surface area contributed by atoms with E-state index in [1.54, 1.807) is 0 Å². The Morgan fingerprint density at radius 3 is 2.37 bits per heavy atom. The van der Waals surface area contributed by atoms with E-state index < -0.39 is 5.97 Å². The molecule has 0 bridgehead atoms. The summed E-state index contributed by atoms with van der Waals surface area (Å²) < 4.78 is 0. The number of hydrogen-bond acceptors (Lipinski definition) is 3. The largest absolute Gasteiger partial charge is 0.481 e. The SMILES string of the molecule is C[C@H](CCCCC(=O)O)[C@H]1CC[C@H]2[C@@H]3C[C@H](O)[C@@H]4CC(O)CC[C@]4(C)[C@H]3CC[C@]12C. The molecule has 0 spiro atoms. The molecule has 0 aromatic rings. The van der Waals surface area contributed by atoms with Crippen LogP contribution in [-0.2, 0) is 4.79 Å². The first-order valence-electron chi connectivity index (χ1n) is 12.7. The molecule has 0 saturated heterocycles. The Hall–Kier alpha value is -0.610. The predicted molar refractivity (Wildman–Crippen MR) is 118 cm³/mol. The van der Waals surface area contributed by atoms with E-state index in [-0.39, 0.29) is 23.5 Å². The number of carboxylic acids is 1. The number of aliphatic hydroxyl groups excluding tert-OH is 2.